The van der Waals surface area contributed by atoms with Gasteiger partial charge in [-0.05, 0) is 20.3 Å². The normalized spacial score (nSPS) is 11.1. The topological polar surface area (TPSA) is 60.0 Å². The maximum atomic E-state index is 10.4. The molecule has 0 aliphatic heterocycles. The molecule has 0 aromatic carbocycles. The second-order valence-electron chi connectivity index (χ2n) is 2.48. The van der Waals surface area contributed by atoms with Crippen LogP contribution in [-0.2, 0) is 18.9 Å². The number of hydrogen-bond donors (Lipinski definition) is 0. The van der Waals surface area contributed by atoms with E-state index in [9.17, 15) is 5.11 Å². The van der Waals surface area contributed by atoms with Crippen LogP contribution in [0.1, 0.15) is 20.3 Å². The molecule has 5 nitrogen and oxygen atoms in total. The van der Waals surface area contributed by atoms with Crippen molar-refractivity contribution in [3.63, 3.8) is 0 Å². The van der Waals surface area contributed by atoms with Crippen molar-refractivity contribution in [1.29, 1.82) is 0 Å². The van der Waals surface area contributed by atoms with Crippen LogP contribution in [0.25, 0.3) is 0 Å². The van der Waals surface area contributed by atoms with E-state index in [1.54, 1.807) is 0 Å². The highest BCUT2D eigenvalue weighted by atomic mass is 16.8. The fourth-order valence-corrected chi connectivity index (χ4v) is 0.726. The van der Waals surface area contributed by atoms with Crippen molar-refractivity contribution in [1.82, 2.24) is 0 Å². The second kappa shape index (κ2) is 10.9. The van der Waals surface area contributed by atoms with Gasteiger partial charge in [-0.25, -0.2) is 0 Å². The van der Waals surface area contributed by atoms with E-state index in [2.05, 4.69) is 0 Å². The Balaban J connectivity index is 3.44. The quantitative estimate of drug-likeness (QED) is 0.375. The van der Waals surface area contributed by atoms with Crippen molar-refractivity contribution in [3.8, 4) is 0 Å². The maximum absolute atomic E-state index is 10.4. The molecule has 0 aliphatic rings. The molecule has 0 bridgehead atoms. The first kappa shape index (κ1) is 13.8. The molecule has 86 valence electrons. The summed E-state index contributed by atoms with van der Waals surface area (Å²) < 4.78 is 20.2. The Labute approximate surface area is 84.9 Å². The molecule has 0 radical (unpaired) electrons. The van der Waals surface area contributed by atoms with E-state index >= 15 is 0 Å². The van der Waals surface area contributed by atoms with Crippen LogP contribution >= 0.6 is 0 Å². The predicted octanol–water partition coefficient (Wildman–Crippen LogP) is 0.0841. The average Bonchev–Trinajstić information content (AvgIpc) is 2.18. The first-order chi connectivity index (χ1) is 6.85. The van der Waals surface area contributed by atoms with Gasteiger partial charge in [-0.1, -0.05) is 0 Å². The van der Waals surface area contributed by atoms with Crippen LogP contribution in [0.2, 0.25) is 0 Å². The summed E-state index contributed by atoms with van der Waals surface area (Å²) in [6, 6.07) is 0. The number of hydrogen-bond acceptors (Lipinski definition) is 5. The van der Waals surface area contributed by atoms with E-state index in [0.717, 1.165) is 0 Å². The standard InChI is InChI=1S/C9H19O5/c1-3-11-7-13-9(5-6-10)14-8-12-4-2/h9H,3-8H2,1-2H3/q-1. The van der Waals surface area contributed by atoms with Crippen LogP contribution in [-0.4, -0.2) is 39.7 Å². The highest BCUT2D eigenvalue weighted by Gasteiger charge is 2.06. The molecule has 0 atom stereocenters. The lowest BCUT2D eigenvalue weighted by Crippen LogP contribution is -2.25. The third-order valence-electron chi connectivity index (χ3n) is 1.44. The summed E-state index contributed by atoms with van der Waals surface area (Å²) in [4.78, 5) is 0. The Hall–Kier alpha value is -0.200. The first-order valence-electron chi connectivity index (χ1n) is 4.81. The average molecular weight is 207 g/mol. The SMILES string of the molecule is CCOCOC(CC[O-])OCOCC. The fraction of sp³-hybridized carbons (Fsp3) is 1.00. The molecular formula is C9H19O5-. The highest BCUT2D eigenvalue weighted by Crippen LogP contribution is 2.00. The number of rotatable bonds is 10. The zero-order valence-electron chi connectivity index (χ0n) is 8.86. The van der Waals surface area contributed by atoms with Crippen LogP contribution in [0.15, 0.2) is 0 Å². The maximum Gasteiger partial charge on any atom is 0.162 e. The van der Waals surface area contributed by atoms with Crippen molar-refractivity contribution in [2.75, 3.05) is 33.4 Å². The minimum Gasteiger partial charge on any atom is -0.854 e. The van der Waals surface area contributed by atoms with Crippen LogP contribution in [0.3, 0.4) is 0 Å². The van der Waals surface area contributed by atoms with Crippen molar-refractivity contribution in [2.45, 2.75) is 26.6 Å². The Bertz CT molecular complexity index is 99.4. The largest absolute Gasteiger partial charge is 0.854 e. The van der Waals surface area contributed by atoms with Crippen molar-refractivity contribution in [3.05, 3.63) is 0 Å². The summed E-state index contributed by atoms with van der Waals surface area (Å²) in [5.41, 5.74) is 0. The molecule has 0 fully saturated rings. The van der Waals surface area contributed by atoms with Crippen molar-refractivity contribution < 1.29 is 24.1 Å². The second-order valence-corrected chi connectivity index (χ2v) is 2.48. The van der Waals surface area contributed by atoms with Crippen LogP contribution in [0.4, 0.5) is 0 Å². The lowest BCUT2D eigenvalue weighted by molar-refractivity contribution is -0.379. The zero-order chi connectivity index (χ0) is 10.6. The van der Waals surface area contributed by atoms with Crippen LogP contribution < -0.4 is 5.11 Å². The third kappa shape index (κ3) is 8.40. The predicted molar refractivity (Wildman–Crippen MR) is 48.4 cm³/mol. The van der Waals surface area contributed by atoms with Gasteiger partial charge < -0.3 is 24.1 Å². The molecule has 0 aliphatic carbocycles. The highest BCUT2D eigenvalue weighted by molar-refractivity contribution is 4.39. The molecule has 0 saturated heterocycles. The van der Waals surface area contributed by atoms with Crippen LogP contribution in [0, 0.1) is 0 Å². The molecule has 14 heavy (non-hydrogen) atoms. The molecule has 0 amide bonds. The smallest absolute Gasteiger partial charge is 0.162 e. The Morgan fingerprint density at radius 3 is 1.86 bits per heavy atom. The van der Waals surface area contributed by atoms with E-state index in [0.29, 0.717) is 19.6 Å². The fourth-order valence-electron chi connectivity index (χ4n) is 0.726. The molecule has 0 heterocycles. The molecule has 0 aromatic heterocycles. The van der Waals surface area contributed by atoms with Gasteiger partial charge in [0.25, 0.3) is 0 Å². The first-order valence-corrected chi connectivity index (χ1v) is 4.81. The minimum absolute atomic E-state index is 0.146. The lowest BCUT2D eigenvalue weighted by Gasteiger charge is -2.19. The molecule has 0 saturated carbocycles. The molecule has 0 rings (SSSR count). The van der Waals surface area contributed by atoms with E-state index in [1.807, 2.05) is 13.8 Å². The van der Waals surface area contributed by atoms with Gasteiger partial charge in [0.1, 0.15) is 13.6 Å². The Morgan fingerprint density at radius 1 is 1.00 bits per heavy atom. The number of ether oxygens (including phenoxy) is 4. The van der Waals surface area contributed by atoms with E-state index < -0.39 is 6.29 Å². The summed E-state index contributed by atoms with van der Waals surface area (Å²) in [5.74, 6) is 0. The summed E-state index contributed by atoms with van der Waals surface area (Å²) in [6.45, 7) is 4.95. The van der Waals surface area contributed by atoms with Crippen molar-refractivity contribution >= 4 is 0 Å². The monoisotopic (exact) mass is 207 g/mol. The molecule has 5 heteroatoms. The van der Waals surface area contributed by atoms with Gasteiger partial charge >= 0.3 is 0 Å². The van der Waals surface area contributed by atoms with Crippen molar-refractivity contribution in [2.24, 2.45) is 0 Å². The Kier molecular flexibility index (Phi) is 10.7. The zero-order valence-corrected chi connectivity index (χ0v) is 8.86. The molecule has 0 N–H and O–H groups in total. The van der Waals surface area contributed by atoms with Gasteiger partial charge in [-0.2, -0.15) is 0 Å². The van der Waals surface area contributed by atoms with Gasteiger partial charge in [0.05, 0.1) is 0 Å². The molecule has 0 aromatic rings. The molecule has 0 unspecified atom stereocenters. The summed E-state index contributed by atoms with van der Waals surface area (Å²) >= 11 is 0. The minimum atomic E-state index is -0.523. The van der Waals surface area contributed by atoms with Crippen LogP contribution in [0.5, 0.6) is 0 Å². The van der Waals surface area contributed by atoms with E-state index in [-0.39, 0.29) is 20.2 Å². The lowest BCUT2D eigenvalue weighted by atomic mass is 10.4. The summed E-state index contributed by atoms with van der Waals surface area (Å²) in [6.07, 6.45) is -0.217. The third-order valence-corrected chi connectivity index (χ3v) is 1.44. The van der Waals surface area contributed by atoms with Gasteiger partial charge in [-0.3, -0.25) is 0 Å². The van der Waals surface area contributed by atoms with Gasteiger partial charge in [-0.15, -0.1) is 6.61 Å². The summed E-state index contributed by atoms with van der Waals surface area (Å²) in [7, 11) is 0. The van der Waals surface area contributed by atoms with Gasteiger partial charge in [0.15, 0.2) is 6.29 Å². The van der Waals surface area contributed by atoms with E-state index in [4.69, 9.17) is 18.9 Å². The Morgan fingerprint density at radius 2 is 1.50 bits per heavy atom. The molecular weight excluding hydrogens is 188 g/mol. The van der Waals surface area contributed by atoms with Gasteiger partial charge in [0, 0.05) is 13.2 Å². The summed E-state index contributed by atoms with van der Waals surface area (Å²) in [5, 5.41) is 10.4. The molecule has 0 spiro atoms. The van der Waals surface area contributed by atoms with Gasteiger partial charge in [0.2, 0.25) is 0 Å². The van der Waals surface area contributed by atoms with E-state index in [1.165, 1.54) is 0 Å².